The van der Waals surface area contributed by atoms with Gasteiger partial charge in [-0.05, 0) is 13.8 Å². The third kappa shape index (κ3) is 7.88. The molecule has 0 amide bonds. The number of rotatable bonds is 2. The van der Waals surface area contributed by atoms with E-state index in [1.54, 1.807) is 0 Å². The predicted molar refractivity (Wildman–Crippen MR) is 39.4 cm³/mol. The lowest BCUT2D eigenvalue weighted by molar-refractivity contribution is 0.0862. The van der Waals surface area contributed by atoms with E-state index >= 15 is 0 Å². The van der Waals surface area contributed by atoms with Crippen LogP contribution in [0.15, 0.2) is 0 Å². The Balaban J connectivity index is 0. The first-order valence-corrected chi connectivity index (χ1v) is 3.24. The molecular formula is C6H18N2O. The van der Waals surface area contributed by atoms with Gasteiger partial charge in [0.05, 0.1) is 0 Å². The first-order valence-electron chi connectivity index (χ1n) is 3.24. The lowest BCUT2D eigenvalue weighted by Gasteiger charge is -2.18. The maximum Gasteiger partial charge on any atom is 0.0495 e. The Hall–Kier alpha value is -0.120. The van der Waals surface area contributed by atoms with Crippen molar-refractivity contribution >= 4 is 0 Å². The van der Waals surface area contributed by atoms with Crippen molar-refractivity contribution in [1.29, 1.82) is 0 Å². The van der Waals surface area contributed by atoms with Crippen LogP contribution in [0, 0.1) is 0 Å². The average Bonchev–Trinajstić information content (AvgIpc) is 1.93. The zero-order valence-electron chi connectivity index (χ0n) is 6.73. The molecule has 0 spiro atoms. The Labute approximate surface area is 57.2 Å². The molecule has 0 radical (unpaired) electrons. The predicted octanol–water partition coefficient (Wildman–Crippen LogP) is 0.729. The molecule has 58 valence electrons. The van der Waals surface area contributed by atoms with Gasteiger partial charge in [-0.2, -0.15) is 5.48 Å². The fraction of sp³-hybridized carbons (Fsp3) is 1.00. The number of nitrogens with one attached hydrogen (secondary N) is 1. The summed E-state index contributed by atoms with van der Waals surface area (Å²) in [6.07, 6.45) is 0. The van der Waals surface area contributed by atoms with Crippen LogP contribution in [0.1, 0.15) is 27.7 Å². The largest absolute Gasteiger partial charge is 0.329 e. The van der Waals surface area contributed by atoms with Crippen molar-refractivity contribution < 1.29 is 5.21 Å². The van der Waals surface area contributed by atoms with Crippen molar-refractivity contribution in [3.8, 4) is 0 Å². The minimum atomic E-state index is -0.333. The summed E-state index contributed by atoms with van der Waals surface area (Å²) in [5, 5.41) is 8.26. The van der Waals surface area contributed by atoms with E-state index in [-0.39, 0.29) is 5.54 Å². The maximum atomic E-state index is 8.26. The van der Waals surface area contributed by atoms with E-state index in [1.165, 1.54) is 0 Å². The molecule has 0 aromatic rings. The van der Waals surface area contributed by atoms with Crippen LogP contribution in [0.5, 0.6) is 0 Å². The molecule has 0 aliphatic rings. The summed E-state index contributed by atoms with van der Waals surface area (Å²) in [5.74, 6) is 0. The highest BCUT2D eigenvalue weighted by molar-refractivity contribution is 4.72. The number of hydroxylamine groups is 1. The zero-order valence-corrected chi connectivity index (χ0v) is 6.73. The normalized spacial score (nSPS) is 10.0. The Bertz CT molecular complexity index is 49.0. The van der Waals surface area contributed by atoms with Crippen molar-refractivity contribution in [3.05, 3.63) is 0 Å². The van der Waals surface area contributed by atoms with Crippen LogP contribution in [0.25, 0.3) is 0 Å². The Kier molecular flexibility index (Phi) is 7.77. The molecule has 9 heavy (non-hydrogen) atoms. The third-order valence-corrected chi connectivity index (χ3v) is 0.813. The number of hydrogen-bond donors (Lipinski definition) is 3. The van der Waals surface area contributed by atoms with E-state index in [4.69, 9.17) is 10.9 Å². The molecule has 0 fully saturated rings. The van der Waals surface area contributed by atoms with E-state index in [0.29, 0.717) is 6.54 Å². The van der Waals surface area contributed by atoms with Gasteiger partial charge in [0.1, 0.15) is 0 Å². The van der Waals surface area contributed by atoms with Crippen molar-refractivity contribution in [2.24, 2.45) is 5.73 Å². The standard InChI is InChI=1S/C4H12N2O.C2H6/c1-4(2,3-5)6-7;1-2/h6-7H,3,5H2,1-2H3;1-2H3. The molecule has 3 heteroatoms. The molecule has 0 aliphatic heterocycles. The van der Waals surface area contributed by atoms with Crippen molar-refractivity contribution in [1.82, 2.24) is 5.48 Å². The average molecular weight is 134 g/mol. The molecule has 0 aromatic carbocycles. The van der Waals surface area contributed by atoms with Crippen molar-refractivity contribution in [2.75, 3.05) is 6.54 Å². The van der Waals surface area contributed by atoms with Crippen LogP contribution >= 0.6 is 0 Å². The molecule has 0 aromatic heterocycles. The fourth-order valence-corrected chi connectivity index (χ4v) is 0.0456. The van der Waals surface area contributed by atoms with Gasteiger partial charge in [-0.15, -0.1) is 0 Å². The van der Waals surface area contributed by atoms with Crippen molar-refractivity contribution in [3.63, 3.8) is 0 Å². The minimum absolute atomic E-state index is 0.333. The van der Waals surface area contributed by atoms with Crippen molar-refractivity contribution in [2.45, 2.75) is 33.2 Å². The second-order valence-electron chi connectivity index (χ2n) is 2.20. The summed E-state index contributed by atoms with van der Waals surface area (Å²) in [5.41, 5.74) is 6.93. The van der Waals surface area contributed by atoms with E-state index in [2.05, 4.69) is 5.48 Å². The van der Waals surface area contributed by atoms with Gasteiger partial charge < -0.3 is 10.9 Å². The first-order chi connectivity index (χ1) is 4.12. The summed E-state index contributed by atoms with van der Waals surface area (Å²) in [6.45, 7) is 8.06. The summed E-state index contributed by atoms with van der Waals surface area (Å²) >= 11 is 0. The molecule has 0 saturated carbocycles. The van der Waals surface area contributed by atoms with Gasteiger partial charge in [0.15, 0.2) is 0 Å². The quantitative estimate of drug-likeness (QED) is 0.488. The Morgan fingerprint density at radius 1 is 1.44 bits per heavy atom. The van der Waals surface area contributed by atoms with Crippen LogP contribution in [0.2, 0.25) is 0 Å². The Morgan fingerprint density at radius 2 is 1.78 bits per heavy atom. The number of hydrogen-bond acceptors (Lipinski definition) is 3. The summed E-state index contributed by atoms with van der Waals surface area (Å²) in [4.78, 5) is 0. The highest BCUT2D eigenvalue weighted by Crippen LogP contribution is 1.93. The highest BCUT2D eigenvalue weighted by atomic mass is 16.5. The molecule has 0 atom stereocenters. The smallest absolute Gasteiger partial charge is 0.0495 e. The molecule has 0 bridgehead atoms. The van der Waals surface area contributed by atoms with Crippen LogP contribution in [0.4, 0.5) is 0 Å². The fourth-order valence-electron chi connectivity index (χ4n) is 0.0456. The van der Waals surface area contributed by atoms with Crippen LogP contribution in [-0.2, 0) is 0 Å². The molecule has 0 saturated heterocycles. The Morgan fingerprint density at radius 3 is 1.78 bits per heavy atom. The van der Waals surface area contributed by atoms with Gasteiger partial charge in [-0.25, -0.2) is 0 Å². The van der Waals surface area contributed by atoms with Gasteiger partial charge in [-0.1, -0.05) is 13.8 Å². The van der Waals surface area contributed by atoms with Crippen LogP contribution in [-0.4, -0.2) is 17.3 Å². The van der Waals surface area contributed by atoms with Crippen LogP contribution < -0.4 is 11.2 Å². The first kappa shape index (κ1) is 11.6. The van der Waals surface area contributed by atoms with Gasteiger partial charge >= 0.3 is 0 Å². The van der Waals surface area contributed by atoms with E-state index in [9.17, 15) is 0 Å². The second-order valence-corrected chi connectivity index (χ2v) is 2.20. The molecule has 0 rings (SSSR count). The molecule has 4 N–H and O–H groups in total. The second kappa shape index (κ2) is 6.01. The maximum absolute atomic E-state index is 8.26. The molecule has 3 nitrogen and oxygen atoms in total. The minimum Gasteiger partial charge on any atom is -0.329 e. The van der Waals surface area contributed by atoms with Crippen LogP contribution in [0.3, 0.4) is 0 Å². The summed E-state index contributed by atoms with van der Waals surface area (Å²) in [6, 6.07) is 0. The van der Waals surface area contributed by atoms with Gasteiger partial charge in [0.25, 0.3) is 0 Å². The van der Waals surface area contributed by atoms with E-state index in [1.807, 2.05) is 27.7 Å². The van der Waals surface area contributed by atoms with E-state index < -0.39 is 0 Å². The monoisotopic (exact) mass is 134 g/mol. The highest BCUT2D eigenvalue weighted by Gasteiger charge is 2.11. The lowest BCUT2D eigenvalue weighted by Crippen LogP contribution is -2.43. The van der Waals surface area contributed by atoms with Gasteiger partial charge in [0.2, 0.25) is 0 Å². The van der Waals surface area contributed by atoms with Gasteiger partial charge in [0, 0.05) is 12.1 Å². The third-order valence-electron chi connectivity index (χ3n) is 0.813. The molecule has 0 unspecified atom stereocenters. The van der Waals surface area contributed by atoms with E-state index in [0.717, 1.165) is 0 Å². The topological polar surface area (TPSA) is 58.3 Å². The molecule has 0 aliphatic carbocycles. The summed E-state index contributed by atoms with van der Waals surface area (Å²) < 4.78 is 0. The lowest BCUT2D eigenvalue weighted by atomic mass is 10.1. The molecular weight excluding hydrogens is 116 g/mol. The number of nitrogens with two attached hydrogens (primary N) is 1. The zero-order chi connectivity index (χ0) is 7.91. The SMILES string of the molecule is CC.CC(C)(CN)NO. The molecule has 0 heterocycles. The van der Waals surface area contributed by atoms with Gasteiger partial charge in [-0.3, -0.25) is 0 Å². The summed E-state index contributed by atoms with van der Waals surface area (Å²) in [7, 11) is 0.